The van der Waals surface area contributed by atoms with Gasteiger partial charge in [0.15, 0.2) is 0 Å². The van der Waals surface area contributed by atoms with E-state index in [1.54, 1.807) is 0 Å². The number of aromatic nitrogens is 2. The van der Waals surface area contributed by atoms with E-state index in [9.17, 15) is 0 Å². The summed E-state index contributed by atoms with van der Waals surface area (Å²) < 4.78 is 5.97. The van der Waals surface area contributed by atoms with Crippen molar-refractivity contribution in [1.29, 1.82) is 0 Å². The first-order chi connectivity index (χ1) is 13.1. The van der Waals surface area contributed by atoms with Crippen LogP contribution in [-0.4, -0.2) is 43.8 Å². The molecule has 27 heavy (non-hydrogen) atoms. The van der Waals surface area contributed by atoms with Gasteiger partial charge in [-0.25, -0.2) is 4.98 Å². The maximum Gasteiger partial charge on any atom is 0.229 e. The summed E-state index contributed by atoms with van der Waals surface area (Å²) in [4.78, 5) is 11.2. The fourth-order valence-electron chi connectivity index (χ4n) is 3.63. The molecule has 1 aromatic carbocycles. The van der Waals surface area contributed by atoms with Crippen LogP contribution in [0.15, 0.2) is 24.3 Å². The molecule has 0 radical (unpaired) electrons. The highest BCUT2D eigenvalue weighted by Gasteiger charge is 2.21. The van der Waals surface area contributed by atoms with E-state index in [2.05, 4.69) is 38.8 Å². The predicted octanol–water partition coefficient (Wildman–Crippen LogP) is 3.30. The molecular formula is C21H27N5O. The van der Waals surface area contributed by atoms with Crippen molar-refractivity contribution in [2.24, 2.45) is 0 Å². The molecule has 0 bridgehead atoms. The molecule has 2 aliphatic rings. The molecule has 2 aliphatic heterocycles. The normalized spacial score (nSPS) is 16.2. The first kappa shape index (κ1) is 17.8. The molecule has 0 atom stereocenters. The van der Waals surface area contributed by atoms with Crippen molar-refractivity contribution in [3.63, 3.8) is 0 Å². The minimum atomic E-state index is 0.625. The van der Waals surface area contributed by atoms with Crippen molar-refractivity contribution in [3.05, 3.63) is 41.1 Å². The minimum absolute atomic E-state index is 0.625. The number of nitrogens with one attached hydrogen (secondary N) is 2. The summed E-state index contributed by atoms with van der Waals surface area (Å²) in [7, 11) is 3.98. The summed E-state index contributed by atoms with van der Waals surface area (Å²) in [6.07, 6.45) is 5.45. The van der Waals surface area contributed by atoms with Crippen molar-refractivity contribution in [2.75, 3.05) is 44.0 Å². The van der Waals surface area contributed by atoms with E-state index in [1.807, 2.05) is 32.0 Å². The van der Waals surface area contributed by atoms with Crippen LogP contribution in [-0.2, 0) is 6.42 Å². The van der Waals surface area contributed by atoms with Crippen molar-refractivity contribution < 1.29 is 4.74 Å². The van der Waals surface area contributed by atoms with Gasteiger partial charge in [-0.1, -0.05) is 6.08 Å². The van der Waals surface area contributed by atoms with Gasteiger partial charge in [-0.2, -0.15) is 4.98 Å². The maximum absolute atomic E-state index is 5.97. The van der Waals surface area contributed by atoms with Gasteiger partial charge in [-0.15, -0.1) is 0 Å². The zero-order chi connectivity index (χ0) is 18.8. The lowest BCUT2D eigenvalue weighted by molar-refractivity contribution is 0.356. The highest BCUT2D eigenvalue weighted by molar-refractivity contribution is 5.77. The number of allylic oxidation sites excluding steroid dienone is 1. The van der Waals surface area contributed by atoms with E-state index in [-0.39, 0.29) is 0 Å². The van der Waals surface area contributed by atoms with E-state index in [0.717, 1.165) is 61.9 Å². The number of rotatable bonds is 4. The number of hydrogen-bond donors (Lipinski definition) is 2. The van der Waals surface area contributed by atoms with Crippen LogP contribution in [0.1, 0.15) is 29.7 Å². The van der Waals surface area contributed by atoms with Crippen LogP contribution >= 0.6 is 0 Å². The number of anilines is 3. The number of hydrogen-bond acceptors (Lipinski definition) is 6. The van der Waals surface area contributed by atoms with Crippen molar-refractivity contribution >= 4 is 23.0 Å². The fraction of sp³-hybridized carbons (Fsp3) is 0.429. The van der Waals surface area contributed by atoms with Crippen molar-refractivity contribution in [2.45, 2.75) is 26.2 Å². The number of aryl methyl sites for hydroxylation is 1. The average molecular weight is 365 g/mol. The topological polar surface area (TPSA) is 62.3 Å². The Labute approximate surface area is 160 Å². The number of nitrogens with zero attached hydrogens (tertiary/aromatic N) is 3. The van der Waals surface area contributed by atoms with Crippen LogP contribution < -0.4 is 20.3 Å². The van der Waals surface area contributed by atoms with Gasteiger partial charge < -0.3 is 20.3 Å². The van der Waals surface area contributed by atoms with Crippen molar-refractivity contribution in [3.8, 4) is 5.75 Å². The molecule has 0 aliphatic carbocycles. The molecule has 0 saturated heterocycles. The van der Waals surface area contributed by atoms with E-state index in [4.69, 9.17) is 4.74 Å². The molecule has 2 aromatic rings. The molecule has 4 rings (SSSR count). The molecule has 6 nitrogen and oxygen atoms in total. The number of ether oxygens (including phenoxy) is 1. The summed E-state index contributed by atoms with van der Waals surface area (Å²) in [6.45, 7) is 4.72. The molecule has 0 spiro atoms. The van der Waals surface area contributed by atoms with Gasteiger partial charge in [0.1, 0.15) is 11.6 Å². The summed E-state index contributed by atoms with van der Waals surface area (Å²) in [5.41, 5.74) is 5.78. The average Bonchev–Trinajstić information content (AvgIpc) is 2.94. The van der Waals surface area contributed by atoms with Crippen LogP contribution in [0.5, 0.6) is 5.75 Å². The van der Waals surface area contributed by atoms with Gasteiger partial charge in [-0.05, 0) is 44.0 Å². The highest BCUT2D eigenvalue weighted by Crippen LogP contribution is 2.39. The van der Waals surface area contributed by atoms with Gasteiger partial charge in [-0.3, -0.25) is 0 Å². The second-order valence-corrected chi connectivity index (χ2v) is 7.36. The summed E-state index contributed by atoms with van der Waals surface area (Å²) in [6, 6.07) is 6.33. The molecule has 1 aromatic heterocycles. The van der Waals surface area contributed by atoms with E-state index in [0.29, 0.717) is 5.95 Å². The van der Waals surface area contributed by atoms with Crippen LogP contribution in [0, 0.1) is 6.92 Å². The Balaban J connectivity index is 1.70. The number of fused-ring (bicyclic) bond motifs is 1. The zero-order valence-electron chi connectivity index (χ0n) is 16.3. The lowest BCUT2D eigenvalue weighted by Crippen LogP contribution is -2.12. The molecular weight excluding hydrogens is 338 g/mol. The lowest BCUT2D eigenvalue weighted by atomic mass is 9.97. The molecule has 0 amide bonds. The minimum Gasteiger partial charge on any atom is -0.492 e. The first-order valence-corrected chi connectivity index (χ1v) is 9.60. The Morgan fingerprint density at radius 1 is 1.15 bits per heavy atom. The molecule has 3 heterocycles. The largest absolute Gasteiger partial charge is 0.492 e. The predicted molar refractivity (Wildman–Crippen MR) is 110 cm³/mol. The zero-order valence-corrected chi connectivity index (χ0v) is 16.3. The Morgan fingerprint density at radius 2 is 2.04 bits per heavy atom. The SMILES string of the molecule is Cc1cc(N(C)C)nc(Nc2cc3c(c(C4=CCNCCC4)c2)OCC3)n1. The van der Waals surface area contributed by atoms with Gasteiger partial charge in [0.2, 0.25) is 5.95 Å². The monoisotopic (exact) mass is 365 g/mol. The fourth-order valence-corrected chi connectivity index (χ4v) is 3.63. The van der Waals surface area contributed by atoms with Crippen LogP contribution in [0.2, 0.25) is 0 Å². The van der Waals surface area contributed by atoms with Crippen molar-refractivity contribution in [1.82, 2.24) is 15.3 Å². The third-order valence-corrected chi connectivity index (χ3v) is 4.98. The Kier molecular flexibility index (Phi) is 4.99. The third kappa shape index (κ3) is 3.90. The standard InChI is InChI=1S/C21H27N5O/c1-14-11-19(26(2)3)25-21(23-14)24-17-12-16-7-10-27-20(16)18(13-17)15-5-4-8-22-9-6-15/h6,11-13,22H,4-5,7-10H2,1-3H3,(H,23,24,25). The summed E-state index contributed by atoms with van der Waals surface area (Å²) >= 11 is 0. The van der Waals surface area contributed by atoms with Crippen LogP contribution in [0.4, 0.5) is 17.5 Å². The second kappa shape index (κ2) is 7.56. The second-order valence-electron chi connectivity index (χ2n) is 7.36. The van der Waals surface area contributed by atoms with Crippen LogP contribution in [0.3, 0.4) is 0 Å². The maximum atomic E-state index is 5.97. The molecule has 142 valence electrons. The molecule has 2 N–H and O–H groups in total. The highest BCUT2D eigenvalue weighted by atomic mass is 16.5. The smallest absolute Gasteiger partial charge is 0.229 e. The van der Waals surface area contributed by atoms with E-state index in [1.165, 1.54) is 16.7 Å². The third-order valence-electron chi connectivity index (χ3n) is 4.98. The molecule has 0 fully saturated rings. The van der Waals surface area contributed by atoms with Gasteiger partial charge in [0, 0.05) is 55.6 Å². The first-order valence-electron chi connectivity index (χ1n) is 9.60. The Hall–Kier alpha value is -2.60. The van der Waals surface area contributed by atoms with Gasteiger partial charge in [0.05, 0.1) is 6.61 Å². The quantitative estimate of drug-likeness (QED) is 0.867. The Morgan fingerprint density at radius 3 is 2.89 bits per heavy atom. The Bertz CT molecular complexity index is 875. The lowest BCUT2D eigenvalue weighted by Gasteiger charge is -2.16. The summed E-state index contributed by atoms with van der Waals surface area (Å²) in [5.74, 6) is 2.57. The van der Waals surface area contributed by atoms with E-state index < -0.39 is 0 Å². The van der Waals surface area contributed by atoms with E-state index >= 15 is 0 Å². The van der Waals surface area contributed by atoms with Gasteiger partial charge >= 0.3 is 0 Å². The summed E-state index contributed by atoms with van der Waals surface area (Å²) in [5, 5.41) is 6.85. The molecule has 0 unspecified atom stereocenters. The van der Waals surface area contributed by atoms with Gasteiger partial charge in [0.25, 0.3) is 0 Å². The van der Waals surface area contributed by atoms with Crippen LogP contribution in [0.25, 0.3) is 5.57 Å². The number of benzene rings is 1. The molecule has 6 heteroatoms. The molecule has 0 saturated carbocycles.